The van der Waals surface area contributed by atoms with Gasteiger partial charge in [-0.3, -0.25) is 0 Å². The van der Waals surface area contributed by atoms with Crippen LogP contribution in [0.2, 0.25) is 0 Å². The van der Waals surface area contributed by atoms with E-state index in [-0.39, 0.29) is 5.69 Å². The zero-order chi connectivity index (χ0) is 13.9. The first-order chi connectivity index (χ1) is 9.75. The largest absolute Gasteiger partial charge is 0.476 e. The predicted octanol–water partition coefficient (Wildman–Crippen LogP) is 0.802. The van der Waals surface area contributed by atoms with Crippen LogP contribution >= 0.6 is 0 Å². The summed E-state index contributed by atoms with van der Waals surface area (Å²) in [4.78, 5) is 14.6. The molecule has 7 heteroatoms. The first-order valence-corrected chi connectivity index (χ1v) is 6.34. The van der Waals surface area contributed by atoms with Crippen molar-refractivity contribution in [3.05, 3.63) is 36.0 Å². The van der Waals surface area contributed by atoms with E-state index in [2.05, 4.69) is 10.2 Å². The van der Waals surface area contributed by atoms with Gasteiger partial charge < -0.3 is 14.7 Å². The number of carboxylic acid groups (broad SMARTS) is 1. The van der Waals surface area contributed by atoms with Gasteiger partial charge in [0, 0.05) is 13.1 Å². The molecule has 1 aromatic carbocycles. The molecular weight excluding hydrogens is 260 g/mol. The minimum atomic E-state index is -1.08. The Balaban J connectivity index is 2.00. The van der Waals surface area contributed by atoms with E-state index in [1.807, 2.05) is 35.2 Å². The van der Waals surface area contributed by atoms with Gasteiger partial charge in [-0.2, -0.15) is 0 Å². The predicted molar refractivity (Wildman–Crippen MR) is 71.4 cm³/mol. The normalized spacial score (nSPS) is 15.3. The number of ether oxygens (including phenoxy) is 1. The molecule has 2 heterocycles. The number of anilines is 1. The summed E-state index contributed by atoms with van der Waals surface area (Å²) >= 11 is 0. The molecule has 1 fully saturated rings. The van der Waals surface area contributed by atoms with E-state index in [1.54, 1.807) is 0 Å². The molecule has 0 saturated carbocycles. The van der Waals surface area contributed by atoms with Crippen molar-refractivity contribution in [2.75, 3.05) is 31.2 Å². The Morgan fingerprint density at radius 2 is 1.85 bits per heavy atom. The molecule has 0 aliphatic carbocycles. The van der Waals surface area contributed by atoms with Gasteiger partial charge in [0.05, 0.1) is 18.9 Å². The zero-order valence-corrected chi connectivity index (χ0v) is 10.8. The molecule has 3 rings (SSSR count). The van der Waals surface area contributed by atoms with Crippen LogP contribution in [0.1, 0.15) is 10.5 Å². The third-order valence-corrected chi connectivity index (χ3v) is 3.10. The Morgan fingerprint density at radius 1 is 1.15 bits per heavy atom. The zero-order valence-electron chi connectivity index (χ0n) is 10.8. The second-order valence-corrected chi connectivity index (χ2v) is 4.40. The van der Waals surface area contributed by atoms with Crippen LogP contribution in [0, 0.1) is 0 Å². The minimum absolute atomic E-state index is 0.0317. The first-order valence-electron chi connectivity index (χ1n) is 6.34. The number of morpholine rings is 1. The number of aromatic carboxylic acids is 1. The third-order valence-electron chi connectivity index (χ3n) is 3.10. The molecule has 0 spiro atoms. The van der Waals surface area contributed by atoms with Crippen LogP contribution in [0.4, 0.5) is 5.82 Å². The van der Waals surface area contributed by atoms with Crippen molar-refractivity contribution in [1.29, 1.82) is 0 Å². The summed E-state index contributed by atoms with van der Waals surface area (Å²) in [5.74, 6) is -0.682. The standard InChI is InChI=1S/C13H14N4O3/c18-13(19)11-12(16-6-8-20-9-7-16)15-17(14-11)10-4-2-1-3-5-10/h1-5H,6-9H2,(H,18,19). The van der Waals surface area contributed by atoms with Crippen molar-refractivity contribution in [1.82, 2.24) is 15.0 Å². The molecule has 2 aromatic rings. The van der Waals surface area contributed by atoms with Crippen LogP contribution in [0.25, 0.3) is 5.69 Å². The van der Waals surface area contributed by atoms with Crippen LogP contribution < -0.4 is 4.90 Å². The smallest absolute Gasteiger partial charge is 0.360 e. The molecule has 1 aromatic heterocycles. The van der Waals surface area contributed by atoms with Crippen LogP contribution in [-0.2, 0) is 4.74 Å². The van der Waals surface area contributed by atoms with E-state index in [1.165, 1.54) is 4.80 Å². The average Bonchev–Trinajstić information content (AvgIpc) is 2.94. The van der Waals surface area contributed by atoms with Gasteiger partial charge in [0.15, 0.2) is 5.82 Å². The fraction of sp³-hybridized carbons (Fsp3) is 0.308. The average molecular weight is 274 g/mol. The minimum Gasteiger partial charge on any atom is -0.476 e. The van der Waals surface area contributed by atoms with E-state index in [0.717, 1.165) is 5.69 Å². The molecule has 1 N–H and O–H groups in total. The second kappa shape index (κ2) is 5.30. The monoisotopic (exact) mass is 274 g/mol. The number of hydrogen-bond acceptors (Lipinski definition) is 5. The SMILES string of the molecule is O=C(O)c1nn(-c2ccccc2)nc1N1CCOCC1. The van der Waals surface area contributed by atoms with Gasteiger partial charge in [-0.25, -0.2) is 4.79 Å². The van der Waals surface area contributed by atoms with Crippen LogP contribution in [0.15, 0.2) is 30.3 Å². The van der Waals surface area contributed by atoms with E-state index in [9.17, 15) is 9.90 Å². The van der Waals surface area contributed by atoms with Gasteiger partial charge in [-0.05, 0) is 12.1 Å². The van der Waals surface area contributed by atoms with Crippen LogP contribution in [0.5, 0.6) is 0 Å². The van der Waals surface area contributed by atoms with Crippen molar-refractivity contribution in [2.45, 2.75) is 0 Å². The van der Waals surface area contributed by atoms with Crippen molar-refractivity contribution in [3.8, 4) is 5.69 Å². The molecule has 1 aliphatic heterocycles. The Kier molecular flexibility index (Phi) is 3.34. The van der Waals surface area contributed by atoms with Gasteiger partial charge >= 0.3 is 5.97 Å². The maximum atomic E-state index is 11.3. The number of benzene rings is 1. The summed E-state index contributed by atoms with van der Waals surface area (Å²) in [5.41, 5.74) is 0.699. The number of rotatable bonds is 3. The van der Waals surface area contributed by atoms with Gasteiger partial charge in [-0.15, -0.1) is 15.0 Å². The Morgan fingerprint density at radius 3 is 2.50 bits per heavy atom. The van der Waals surface area contributed by atoms with Crippen molar-refractivity contribution in [3.63, 3.8) is 0 Å². The fourth-order valence-corrected chi connectivity index (χ4v) is 2.10. The van der Waals surface area contributed by atoms with E-state index >= 15 is 0 Å². The Bertz CT molecular complexity index is 605. The summed E-state index contributed by atoms with van der Waals surface area (Å²) < 4.78 is 5.27. The summed E-state index contributed by atoms with van der Waals surface area (Å²) in [6.07, 6.45) is 0. The lowest BCUT2D eigenvalue weighted by molar-refractivity contribution is 0.0689. The maximum absolute atomic E-state index is 11.3. The summed E-state index contributed by atoms with van der Waals surface area (Å²) in [6.45, 7) is 2.37. The van der Waals surface area contributed by atoms with Crippen molar-refractivity contribution in [2.24, 2.45) is 0 Å². The third kappa shape index (κ3) is 2.35. The fourth-order valence-electron chi connectivity index (χ4n) is 2.10. The number of nitrogens with zero attached hydrogens (tertiary/aromatic N) is 4. The lowest BCUT2D eigenvalue weighted by atomic mass is 10.3. The molecule has 0 radical (unpaired) electrons. The quantitative estimate of drug-likeness (QED) is 0.891. The number of carbonyl (C=O) groups is 1. The highest BCUT2D eigenvalue weighted by Gasteiger charge is 2.24. The number of carboxylic acids is 1. The lowest BCUT2D eigenvalue weighted by Crippen LogP contribution is -2.37. The molecular formula is C13H14N4O3. The molecule has 0 unspecified atom stereocenters. The van der Waals surface area contributed by atoms with E-state index < -0.39 is 5.97 Å². The molecule has 0 bridgehead atoms. The Labute approximate surface area is 115 Å². The molecule has 20 heavy (non-hydrogen) atoms. The van der Waals surface area contributed by atoms with Gasteiger partial charge in [0.2, 0.25) is 5.69 Å². The summed E-state index contributed by atoms with van der Waals surface area (Å²) in [5, 5.41) is 17.7. The number of para-hydroxylation sites is 1. The van der Waals surface area contributed by atoms with E-state index in [4.69, 9.17) is 4.74 Å². The summed E-state index contributed by atoms with van der Waals surface area (Å²) in [7, 11) is 0. The molecule has 0 atom stereocenters. The maximum Gasteiger partial charge on any atom is 0.360 e. The lowest BCUT2D eigenvalue weighted by Gasteiger charge is -2.26. The van der Waals surface area contributed by atoms with Crippen LogP contribution in [-0.4, -0.2) is 52.4 Å². The second-order valence-electron chi connectivity index (χ2n) is 4.40. The van der Waals surface area contributed by atoms with Crippen molar-refractivity contribution < 1.29 is 14.6 Å². The highest BCUT2D eigenvalue weighted by Crippen LogP contribution is 2.19. The summed E-state index contributed by atoms with van der Waals surface area (Å²) in [6, 6.07) is 9.25. The van der Waals surface area contributed by atoms with Gasteiger partial charge in [-0.1, -0.05) is 18.2 Å². The van der Waals surface area contributed by atoms with E-state index in [0.29, 0.717) is 32.1 Å². The first kappa shape index (κ1) is 12.6. The molecule has 7 nitrogen and oxygen atoms in total. The highest BCUT2D eigenvalue weighted by atomic mass is 16.5. The number of aromatic nitrogens is 3. The topological polar surface area (TPSA) is 80.5 Å². The Hall–Kier alpha value is -2.41. The van der Waals surface area contributed by atoms with Gasteiger partial charge in [0.1, 0.15) is 0 Å². The molecule has 104 valence electrons. The number of hydrogen-bond donors (Lipinski definition) is 1. The molecule has 0 amide bonds. The molecule has 1 aliphatic rings. The van der Waals surface area contributed by atoms with Gasteiger partial charge in [0.25, 0.3) is 0 Å². The highest BCUT2D eigenvalue weighted by molar-refractivity contribution is 5.91. The molecule has 1 saturated heterocycles. The van der Waals surface area contributed by atoms with Crippen molar-refractivity contribution >= 4 is 11.8 Å². The van der Waals surface area contributed by atoms with Crippen LogP contribution in [0.3, 0.4) is 0 Å².